The fourth-order valence-electron chi connectivity index (χ4n) is 1.74. The average Bonchev–Trinajstić information content (AvgIpc) is 2.49. The molecule has 0 radical (unpaired) electrons. The van der Waals surface area contributed by atoms with E-state index < -0.39 is 5.91 Å². The van der Waals surface area contributed by atoms with Crippen molar-refractivity contribution in [2.75, 3.05) is 18.2 Å². The van der Waals surface area contributed by atoms with Crippen LogP contribution in [0.15, 0.2) is 30.5 Å². The molecule has 0 unspecified atom stereocenters. The molecule has 0 saturated carbocycles. The molecule has 106 valence electrons. The van der Waals surface area contributed by atoms with Crippen molar-refractivity contribution >= 4 is 28.9 Å². The van der Waals surface area contributed by atoms with Gasteiger partial charge in [0.25, 0.3) is 5.91 Å². The van der Waals surface area contributed by atoms with E-state index in [0.717, 1.165) is 0 Å². The Kier molecular flexibility index (Phi) is 4.26. The van der Waals surface area contributed by atoms with Gasteiger partial charge in [-0.1, -0.05) is 17.7 Å². The van der Waals surface area contributed by atoms with Gasteiger partial charge in [-0.05, 0) is 18.2 Å². The molecule has 0 aliphatic carbocycles. The number of ether oxygens (including phenoxy) is 1. The molecule has 2 aromatic rings. The molecule has 0 aliphatic rings. The molecule has 2 rings (SSSR count). The summed E-state index contributed by atoms with van der Waals surface area (Å²) in [6, 6.07) is 8.21. The summed E-state index contributed by atoms with van der Waals surface area (Å²) in [5, 5.41) is 11.9. The highest BCUT2D eigenvalue weighted by atomic mass is 35.5. The molecule has 7 heteroatoms. The van der Waals surface area contributed by atoms with E-state index in [4.69, 9.17) is 27.3 Å². The number of rotatable bonds is 3. The summed E-state index contributed by atoms with van der Waals surface area (Å²) < 4.78 is 5.14. The van der Waals surface area contributed by atoms with Crippen LogP contribution in [0.2, 0.25) is 5.15 Å². The number of nitrogen functional groups attached to an aromatic ring is 1. The molecule has 21 heavy (non-hydrogen) atoms. The maximum atomic E-state index is 12.3. The van der Waals surface area contributed by atoms with Crippen LogP contribution in [-0.4, -0.2) is 18.0 Å². The van der Waals surface area contributed by atoms with Gasteiger partial charge in [-0.15, -0.1) is 0 Å². The molecule has 1 amide bonds. The number of pyridine rings is 1. The molecule has 3 N–H and O–H groups in total. The first-order valence-corrected chi connectivity index (χ1v) is 6.24. The summed E-state index contributed by atoms with van der Waals surface area (Å²) in [6.45, 7) is 0. The SMILES string of the molecule is COc1cccc(C#N)c1NC(=O)c1cc(Cl)ncc1N. The number of methoxy groups -OCH3 is 1. The summed E-state index contributed by atoms with van der Waals surface area (Å²) in [7, 11) is 1.45. The second kappa shape index (κ2) is 6.11. The highest BCUT2D eigenvalue weighted by molar-refractivity contribution is 6.30. The number of carbonyl (C=O) groups is 1. The number of halogens is 1. The highest BCUT2D eigenvalue weighted by Crippen LogP contribution is 2.29. The Morgan fingerprint density at radius 2 is 2.29 bits per heavy atom. The number of carbonyl (C=O) groups excluding carboxylic acids is 1. The van der Waals surface area contributed by atoms with Crippen molar-refractivity contribution in [2.45, 2.75) is 0 Å². The topological polar surface area (TPSA) is 101 Å². The zero-order chi connectivity index (χ0) is 15.4. The number of hydrogen-bond donors (Lipinski definition) is 2. The molecular formula is C14H11ClN4O2. The minimum Gasteiger partial charge on any atom is -0.495 e. The molecule has 1 aromatic carbocycles. The van der Waals surface area contributed by atoms with Gasteiger partial charge in [0.1, 0.15) is 22.7 Å². The molecule has 0 spiro atoms. The van der Waals surface area contributed by atoms with E-state index >= 15 is 0 Å². The van der Waals surface area contributed by atoms with Crippen molar-refractivity contribution in [3.63, 3.8) is 0 Å². The summed E-state index contributed by atoms with van der Waals surface area (Å²) in [6.07, 6.45) is 1.30. The minimum atomic E-state index is -0.502. The lowest BCUT2D eigenvalue weighted by Crippen LogP contribution is -2.16. The van der Waals surface area contributed by atoms with Gasteiger partial charge in [0, 0.05) is 0 Å². The molecular weight excluding hydrogens is 292 g/mol. The number of nitrogens with one attached hydrogen (secondary N) is 1. The number of anilines is 2. The van der Waals surface area contributed by atoms with E-state index in [1.807, 2.05) is 6.07 Å². The third-order valence-electron chi connectivity index (χ3n) is 2.75. The Morgan fingerprint density at radius 1 is 1.52 bits per heavy atom. The van der Waals surface area contributed by atoms with E-state index in [1.165, 1.54) is 19.4 Å². The molecule has 6 nitrogen and oxygen atoms in total. The molecule has 0 bridgehead atoms. The van der Waals surface area contributed by atoms with Gasteiger partial charge in [-0.25, -0.2) is 4.98 Å². The summed E-state index contributed by atoms with van der Waals surface area (Å²) in [5.74, 6) is -0.126. The van der Waals surface area contributed by atoms with Crippen molar-refractivity contribution in [3.8, 4) is 11.8 Å². The lowest BCUT2D eigenvalue weighted by molar-refractivity contribution is 0.102. The second-order valence-electron chi connectivity index (χ2n) is 4.04. The van der Waals surface area contributed by atoms with E-state index in [-0.39, 0.29) is 27.7 Å². The Labute approximate surface area is 126 Å². The van der Waals surface area contributed by atoms with E-state index in [9.17, 15) is 4.79 Å². The summed E-state index contributed by atoms with van der Waals surface area (Å²) in [4.78, 5) is 16.1. The van der Waals surface area contributed by atoms with Crippen LogP contribution in [0.3, 0.4) is 0 Å². The number of nitriles is 1. The number of nitrogens with zero attached hydrogens (tertiary/aromatic N) is 2. The molecule has 0 atom stereocenters. The average molecular weight is 303 g/mol. The Bertz CT molecular complexity index is 740. The molecule has 1 aromatic heterocycles. The van der Waals surface area contributed by atoms with Crippen LogP contribution < -0.4 is 15.8 Å². The van der Waals surface area contributed by atoms with Crippen molar-refractivity contribution in [1.29, 1.82) is 5.26 Å². The fraction of sp³-hybridized carbons (Fsp3) is 0.0714. The number of aromatic nitrogens is 1. The largest absolute Gasteiger partial charge is 0.495 e. The first-order chi connectivity index (χ1) is 10.1. The van der Waals surface area contributed by atoms with Crippen LogP contribution in [0.1, 0.15) is 15.9 Å². The maximum absolute atomic E-state index is 12.3. The predicted octanol–water partition coefficient (Wildman–Crippen LogP) is 2.45. The Hall–Kier alpha value is -2.78. The Balaban J connectivity index is 2.41. The van der Waals surface area contributed by atoms with Crippen LogP contribution in [-0.2, 0) is 0 Å². The lowest BCUT2D eigenvalue weighted by Gasteiger charge is -2.12. The Morgan fingerprint density at radius 3 is 2.95 bits per heavy atom. The van der Waals surface area contributed by atoms with Crippen molar-refractivity contribution in [2.24, 2.45) is 0 Å². The van der Waals surface area contributed by atoms with Gasteiger partial charge >= 0.3 is 0 Å². The molecule has 0 fully saturated rings. The van der Waals surface area contributed by atoms with E-state index in [2.05, 4.69) is 10.3 Å². The van der Waals surface area contributed by atoms with Gasteiger partial charge in [0.15, 0.2) is 0 Å². The highest BCUT2D eigenvalue weighted by Gasteiger charge is 2.16. The first-order valence-electron chi connectivity index (χ1n) is 5.86. The monoisotopic (exact) mass is 302 g/mol. The number of amides is 1. The number of hydrogen-bond acceptors (Lipinski definition) is 5. The molecule has 0 aliphatic heterocycles. The second-order valence-corrected chi connectivity index (χ2v) is 4.43. The van der Waals surface area contributed by atoms with Gasteiger partial charge in [-0.3, -0.25) is 4.79 Å². The summed E-state index contributed by atoms with van der Waals surface area (Å²) >= 11 is 5.76. The zero-order valence-electron chi connectivity index (χ0n) is 11.1. The zero-order valence-corrected chi connectivity index (χ0v) is 11.8. The van der Waals surface area contributed by atoms with E-state index in [1.54, 1.807) is 18.2 Å². The van der Waals surface area contributed by atoms with Gasteiger partial charge in [0.2, 0.25) is 0 Å². The van der Waals surface area contributed by atoms with Gasteiger partial charge in [-0.2, -0.15) is 5.26 Å². The fourth-order valence-corrected chi connectivity index (χ4v) is 1.90. The first kappa shape index (κ1) is 14.6. The number of benzene rings is 1. The van der Waals surface area contributed by atoms with Crippen LogP contribution >= 0.6 is 11.6 Å². The van der Waals surface area contributed by atoms with Crippen LogP contribution in [0.5, 0.6) is 5.75 Å². The van der Waals surface area contributed by atoms with Crippen LogP contribution in [0.4, 0.5) is 11.4 Å². The summed E-state index contributed by atoms with van der Waals surface area (Å²) in [5.41, 5.74) is 6.62. The minimum absolute atomic E-state index is 0.148. The third-order valence-corrected chi connectivity index (χ3v) is 2.96. The van der Waals surface area contributed by atoms with Crippen molar-refractivity contribution < 1.29 is 9.53 Å². The van der Waals surface area contributed by atoms with Crippen LogP contribution in [0.25, 0.3) is 0 Å². The van der Waals surface area contributed by atoms with Gasteiger partial charge in [0.05, 0.1) is 30.1 Å². The number of nitrogens with two attached hydrogens (primary N) is 1. The molecule has 1 heterocycles. The standard InChI is InChI=1S/C14H11ClN4O2/c1-21-11-4-2-3-8(6-16)13(11)19-14(20)9-5-12(15)18-7-10(9)17/h2-5,7H,17H2,1H3,(H,19,20). The van der Waals surface area contributed by atoms with Crippen molar-refractivity contribution in [3.05, 3.63) is 46.7 Å². The van der Waals surface area contributed by atoms with E-state index in [0.29, 0.717) is 5.75 Å². The smallest absolute Gasteiger partial charge is 0.258 e. The quantitative estimate of drug-likeness (QED) is 0.848. The number of para-hydroxylation sites is 1. The van der Waals surface area contributed by atoms with Crippen LogP contribution in [0, 0.1) is 11.3 Å². The lowest BCUT2D eigenvalue weighted by atomic mass is 10.1. The van der Waals surface area contributed by atoms with Gasteiger partial charge < -0.3 is 15.8 Å². The third kappa shape index (κ3) is 3.04. The normalized spacial score (nSPS) is 9.76. The predicted molar refractivity (Wildman–Crippen MR) is 79.3 cm³/mol. The maximum Gasteiger partial charge on any atom is 0.258 e. The molecule has 0 saturated heterocycles. The van der Waals surface area contributed by atoms with Crippen molar-refractivity contribution in [1.82, 2.24) is 4.98 Å².